The normalized spacial score (nSPS) is 11.4. The molecular formula is C15H21NO5. The molecule has 0 heterocycles. The van der Waals surface area contributed by atoms with Crippen LogP contribution in [0.4, 0.5) is 0 Å². The third-order valence-electron chi connectivity index (χ3n) is 2.86. The third-order valence-corrected chi connectivity index (χ3v) is 2.86. The summed E-state index contributed by atoms with van der Waals surface area (Å²) in [6.07, 6.45) is 0.108. The monoisotopic (exact) mass is 295 g/mol. The summed E-state index contributed by atoms with van der Waals surface area (Å²) >= 11 is 0. The Balaban J connectivity index is 2.68. The molecule has 0 saturated carbocycles. The van der Waals surface area contributed by atoms with E-state index >= 15 is 0 Å². The van der Waals surface area contributed by atoms with Crippen LogP contribution in [0.15, 0.2) is 18.2 Å². The Kier molecular flexibility index (Phi) is 6.52. The van der Waals surface area contributed by atoms with Crippen LogP contribution >= 0.6 is 0 Å². The summed E-state index contributed by atoms with van der Waals surface area (Å²) in [5.74, 6) is 0.482. The summed E-state index contributed by atoms with van der Waals surface area (Å²) in [4.78, 5) is 23.4. The predicted octanol–water partition coefficient (Wildman–Crippen LogP) is 1.31. The number of nitrogens with one attached hydrogen (secondary N) is 1. The second-order valence-corrected chi connectivity index (χ2v) is 4.40. The van der Waals surface area contributed by atoms with Gasteiger partial charge in [-0.3, -0.25) is 4.79 Å². The molecule has 116 valence electrons. The van der Waals surface area contributed by atoms with Gasteiger partial charge < -0.3 is 19.5 Å². The van der Waals surface area contributed by atoms with E-state index < -0.39 is 12.0 Å². The maximum atomic E-state index is 11.9. The van der Waals surface area contributed by atoms with Crippen molar-refractivity contribution in [2.75, 3.05) is 20.8 Å². The van der Waals surface area contributed by atoms with Crippen LogP contribution in [0.1, 0.15) is 19.4 Å². The molecule has 1 aromatic carbocycles. The van der Waals surface area contributed by atoms with E-state index in [4.69, 9.17) is 14.2 Å². The first-order chi connectivity index (χ1) is 10.0. The lowest BCUT2D eigenvalue weighted by Gasteiger charge is -2.14. The van der Waals surface area contributed by atoms with Crippen molar-refractivity contribution in [3.8, 4) is 11.5 Å². The molecule has 1 rings (SSSR count). The van der Waals surface area contributed by atoms with E-state index in [0.717, 1.165) is 0 Å². The fourth-order valence-corrected chi connectivity index (χ4v) is 1.79. The quantitative estimate of drug-likeness (QED) is 0.768. The van der Waals surface area contributed by atoms with Gasteiger partial charge in [-0.2, -0.15) is 0 Å². The molecule has 0 spiro atoms. The van der Waals surface area contributed by atoms with Gasteiger partial charge in [0.25, 0.3) is 0 Å². The average molecular weight is 295 g/mol. The summed E-state index contributed by atoms with van der Waals surface area (Å²) in [7, 11) is 3.08. The fourth-order valence-electron chi connectivity index (χ4n) is 1.79. The van der Waals surface area contributed by atoms with Gasteiger partial charge in [0.2, 0.25) is 5.91 Å². The minimum Gasteiger partial charge on any atom is -0.497 e. The largest absolute Gasteiger partial charge is 0.497 e. The van der Waals surface area contributed by atoms with E-state index in [9.17, 15) is 9.59 Å². The van der Waals surface area contributed by atoms with Gasteiger partial charge >= 0.3 is 5.97 Å². The van der Waals surface area contributed by atoms with Crippen molar-refractivity contribution in [1.29, 1.82) is 0 Å². The Bertz CT molecular complexity index is 501. The minimum absolute atomic E-state index is 0.108. The van der Waals surface area contributed by atoms with Crippen molar-refractivity contribution in [2.24, 2.45) is 0 Å². The van der Waals surface area contributed by atoms with Gasteiger partial charge in [0, 0.05) is 11.6 Å². The highest BCUT2D eigenvalue weighted by Gasteiger charge is 2.17. The van der Waals surface area contributed by atoms with E-state index in [0.29, 0.717) is 17.1 Å². The number of rotatable bonds is 7. The maximum absolute atomic E-state index is 11.9. The fraction of sp³-hybridized carbons (Fsp3) is 0.467. The molecular weight excluding hydrogens is 274 g/mol. The summed E-state index contributed by atoms with van der Waals surface area (Å²) < 4.78 is 15.2. The zero-order chi connectivity index (χ0) is 15.8. The van der Waals surface area contributed by atoms with Crippen molar-refractivity contribution in [3.63, 3.8) is 0 Å². The molecule has 1 amide bonds. The molecule has 1 unspecified atom stereocenters. The summed E-state index contributed by atoms with van der Waals surface area (Å²) in [6.45, 7) is 3.58. The Hall–Kier alpha value is -2.24. The lowest BCUT2D eigenvalue weighted by Crippen LogP contribution is -2.40. The molecule has 21 heavy (non-hydrogen) atoms. The smallest absolute Gasteiger partial charge is 0.328 e. The lowest BCUT2D eigenvalue weighted by atomic mass is 10.1. The first-order valence-electron chi connectivity index (χ1n) is 6.68. The number of carbonyl (C=O) groups is 2. The van der Waals surface area contributed by atoms with Crippen LogP contribution in [0.25, 0.3) is 0 Å². The number of hydrogen-bond acceptors (Lipinski definition) is 5. The van der Waals surface area contributed by atoms with Gasteiger partial charge in [0.15, 0.2) is 0 Å². The topological polar surface area (TPSA) is 73.9 Å². The standard InChI is InChI=1S/C15H21NO5/c1-5-21-15(18)10(2)16-14(17)8-11-6-7-12(19-3)9-13(11)20-4/h6-7,9-10H,5,8H2,1-4H3,(H,16,17). The van der Waals surface area contributed by atoms with Gasteiger partial charge in [-0.25, -0.2) is 4.79 Å². The highest BCUT2D eigenvalue weighted by atomic mass is 16.5. The van der Waals surface area contributed by atoms with Gasteiger partial charge in [0.1, 0.15) is 17.5 Å². The van der Waals surface area contributed by atoms with Crippen LogP contribution in [-0.2, 0) is 20.7 Å². The zero-order valence-corrected chi connectivity index (χ0v) is 12.8. The van der Waals surface area contributed by atoms with E-state index in [1.54, 1.807) is 39.2 Å². The van der Waals surface area contributed by atoms with Gasteiger partial charge in [-0.1, -0.05) is 6.07 Å². The molecule has 0 bridgehead atoms. The minimum atomic E-state index is -0.679. The Labute approximate surface area is 124 Å². The maximum Gasteiger partial charge on any atom is 0.328 e. The van der Waals surface area contributed by atoms with Crippen molar-refractivity contribution >= 4 is 11.9 Å². The van der Waals surface area contributed by atoms with E-state index in [1.807, 2.05) is 0 Å². The highest BCUT2D eigenvalue weighted by molar-refractivity contribution is 5.85. The number of amides is 1. The van der Waals surface area contributed by atoms with Crippen LogP contribution in [0.5, 0.6) is 11.5 Å². The molecule has 1 N–H and O–H groups in total. The number of esters is 1. The Morgan fingerprint density at radius 2 is 1.95 bits per heavy atom. The van der Waals surface area contributed by atoms with Gasteiger partial charge in [-0.05, 0) is 19.9 Å². The molecule has 1 aromatic rings. The van der Waals surface area contributed by atoms with Crippen molar-refractivity contribution in [1.82, 2.24) is 5.32 Å². The molecule has 0 aromatic heterocycles. The number of carbonyl (C=O) groups excluding carboxylic acids is 2. The average Bonchev–Trinajstić information content (AvgIpc) is 2.47. The summed E-state index contributed by atoms with van der Waals surface area (Å²) in [5.41, 5.74) is 0.715. The zero-order valence-electron chi connectivity index (χ0n) is 12.8. The number of ether oxygens (including phenoxy) is 3. The number of benzene rings is 1. The molecule has 0 aliphatic carbocycles. The first-order valence-corrected chi connectivity index (χ1v) is 6.68. The first kappa shape index (κ1) is 16.8. The van der Waals surface area contributed by atoms with Crippen LogP contribution in [0.2, 0.25) is 0 Å². The van der Waals surface area contributed by atoms with Crippen LogP contribution < -0.4 is 14.8 Å². The van der Waals surface area contributed by atoms with Crippen LogP contribution in [0, 0.1) is 0 Å². The summed E-state index contributed by atoms with van der Waals surface area (Å²) in [5, 5.41) is 2.59. The highest BCUT2D eigenvalue weighted by Crippen LogP contribution is 2.24. The molecule has 0 radical (unpaired) electrons. The SMILES string of the molecule is CCOC(=O)C(C)NC(=O)Cc1ccc(OC)cc1OC. The molecule has 0 fully saturated rings. The van der Waals surface area contributed by atoms with E-state index in [-0.39, 0.29) is 18.9 Å². The number of hydrogen-bond donors (Lipinski definition) is 1. The van der Waals surface area contributed by atoms with Crippen LogP contribution in [0.3, 0.4) is 0 Å². The molecule has 1 atom stereocenters. The van der Waals surface area contributed by atoms with Crippen molar-refractivity contribution < 1.29 is 23.8 Å². The predicted molar refractivity (Wildman–Crippen MR) is 77.5 cm³/mol. The van der Waals surface area contributed by atoms with E-state index in [2.05, 4.69) is 5.32 Å². The molecule has 0 aliphatic heterocycles. The van der Waals surface area contributed by atoms with Gasteiger partial charge in [-0.15, -0.1) is 0 Å². The van der Waals surface area contributed by atoms with Crippen molar-refractivity contribution in [3.05, 3.63) is 23.8 Å². The Morgan fingerprint density at radius 1 is 1.24 bits per heavy atom. The molecule has 6 heteroatoms. The molecule has 0 saturated heterocycles. The van der Waals surface area contributed by atoms with Crippen LogP contribution in [-0.4, -0.2) is 38.7 Å². The Morgan fingerprint density at radius 3 is 2.52 bits per heavy atom. The van der Waals surface area contributed by atoms with Crippen molar-refractivity contribution in [2.45, 2.75) is 26.3 Å². The third kappa shape index (κ3) is 4.98. The molecule has 0 aliphatic rings. The van der Waals surface area contributed by atoms with E-state index in [1.165, 1.54) is 7.11 Å². The molecule has 6 nitrogen and oxygen atoms in total. The second kappa shape index (κ2) is 8.14. The number of methoxy groups -OCH3 is 2. The lowest BCUT2D eigenvalue weighted by molar-refractivity contribution is -0.146. The second-order valence-electron chi connectivity index (χ2n) is 4.40. The summed E-state index contributed by atoms with van der Waals surface area (Å²) in [6, 6.07) is 4.53. The van der Waals surface area contributed by atoms with Gasteiger partial charge in [0.05, 0.1) is 27.2 Å².